The van der Waals surface area contributed by atoms with Crippen LogP contribution in [0.5, 0.6) is 0 Å². The van der Waals surface area contributed by atoms with Crippen LogP contribution >= 0.6 is 0 Å². The second-order valence-corrected chi connectivity index (χ2v) is 8.60. The lowest BCUT2D eigenvalue weighted by molar-refractivity contribution is -0.192. The van der Waals surface area contributed by atoms with Gasteiger partial charge in [0.2, 0.25) is 11.8 Å². The normalized spacial score (nSPS) is 23.4. The van der Waals surface area contributed by atoms with Gasteiger partial charge in [-0.1, -0.05) is 12.1 Å². The Kier molecular flexibility index (Phi) is 7.59. The van der Waals surface area contributed by atoms with Crippen molar-refractivity contribution >= 4 is 17.8 Å². The van der Waals surface area contributed by atoms with Gasteiger partial charge in [0.05, 0.1) is 17.7 Å². The molecule has 1 N–H and O–H groups in total. The van der Waals surface area contributed by atoms with E-state index in [0.717, 1.165) is 43.1 Å². The lowest BCUT2D eigenvalue weighted by Gasteiger charge is -2.27. The second-order valence-electron chi connectivity index (χ2n) is 8.60. The van der Waals surface area contributed by atoms with Crippen LogP contribution in [0.3, 0.4) is 0 Å². The number of likely N-dealkylation sites (tertiary alicyclic amines) is 2. The average molecular weight is 462 g/mol. The number of carboxylic acid groups (broad SMARTS) is 1. The van der Waals surface area contributed by atoms with Gasteiger partial charge in [-0.25, -0.2) is 4.79 Å². The molecule has 0 unspecified atom stereocenters. The number of hydrogen-bond acceptors (Lipinski definition) is 6. The van der Waals surface area contributed by atoms with E-state index < -0.39 is 12.1 Å². The molecular formula is C20H29F3N4O5. The number of aliphatic carboxylic acids is 1. The van der Waals surface area contributed by atoms with Crippen LogP contribution in [0.2, 0.25) is 0 Å². The summed E-state index contributed by atoms with van der Waals surface area (Å²) in [5, 5.41) is 11.1. The number of carbonyl (C=O) groups is 3. The van der Waals surface area contributed by atoms with Gasteiger partial charge >= 0.3 is 12.1 Å². The molecule has 0 aliphatic carbocycles. The van der Waals surface area contributed by atoms with Gasteiger partial charge in [0.15, 0.2) is 0 Å². The van der Waals surface area contributed by atoms with Crippen LogP contribution in [0.4, 0.5) is 13.2 Å². The molecule has 1 spiro atoms. The maximum atomic E-state index is 13.1. The number of nitrogens with zero attached hydrogens (tertiary/aromatic N) is 4. The number of halogens is 3. The molecule has 3 rings (SSSR count). The number of carboxylic acids is 1. The van der Waals surface area contributed by atoms with Gasteiger partial charge in [-0.2, -0.15) is 13.2 Å². The van der Waals surface area contributed by atoms with Gasteiger partial charge in [-0.3, -0.25) is 14.5 Å². The molecular weight excluding hydrogens is 433 g/mol. The summed E-state index contributed by atoms with van der Waals surface area (Å²) in [4.78, 5) is 39.6. The molecule has 2 amide bonds. The quantitative estimate of drug-likeness (QED) is 0.726. The van der Waals surface area contributed by atoms with Gasteiger partial charge in [0, 0.05) is 45.8 Å². The molecule has 2 aliphatic heterocycles. The van der Waals surface area contributed by atoms with Gasteiger partial charge in [0.1, 0.15) is 5.76 Å². The van der Waals surface area contributed by atoms with Crippen molar-refractivity contribution in [3.63, 3.8) is 0 Å². The van der Waals surface area contributed by atoms with E-state index in [-0.39, 0.29) is 29.7 Å². The second kappa shape index (κ2) is 9.47. The van der Waals surface area contributed by atoms with Crippen LogP contribution in [0, 0.1) is 25.2 Å². The van der Waals surface area contributed by atoms with Crippen molar-refractivity contribution in [2.75, 3.05) is 40.3 Å². The SMILES string of the molecule is Cc1noc(C)c1CN1C[C@@H](C)[C@@]2(CCN(CC(=O)N(C)C)C2=O)C1.O=C(O)C(F)(F)F. The minimum atomic E-state index is -5.08. The zero-order valence-electron chi connectivity index (χ0n) is 18.8. The van der Waals surface area contributed by atoms with Crippen LogP contribution in [0.1, 0.15) is 30.4 Å². The zero-order chi connectivity index (χ0) is 24.4. The molecule has 2 saturated heterocycles. The third-order valence-electron chi connectivity index (χ3n) is 6.15. The predicted molar refractivity (Wildman–Crippen MR) is 106 cm³/mol. The van der Waals surface area contributed by atoms with E-state index in [4.69, 9.17) is 14.4 Å². The van der Waals surface area contributed by atoms with E-state index in [0.29, 0.717) is 6.54 Å². The lowest BCUT2D eigenvalue weighted by atomic mass is 9.78. The first kappa shape index (κ1) is 25.6. The first-order chi connectivity index (χ1) is 14.7. The third kappa shape index (κ3) is 5.40. The van der Waals surface area contributed by atoms with Crippen LogP contribution in [-0.2, 0) is 20.9 Å². The molecule has 2 aliphatic rings. The van der Waals surface area contributed by atoms with Crippen LogP contribution in [-0.4, -0.2) is 89.2 Å². The number of likely N-dealkylation sites (N-methyl/N-ethyl adjacent to an activating group) is 1. The number of rotatable bonds is 4. The molecule has 3 heterocycles. The fourth-order valence-electron chi connectivity index (χ4n) is 4.17. The molecule has 2 fully saturated rings. The molecule has 9 nitrogen and oxygen atoms in total. The predicted octanol–water partition coefficient (Wildman–Crippen LogP) is 1.68. The van der Waals surface area contributed by atoms with Crippen molar-refractivity contribution in [1.82, 2.24) is 19.9 Å². The van der Waals surface area contributed by atoms with E-state index in [2.05, 4.69) is 17.0 Å². The smallest absolute Gasteiger partial charge is 0.475 e. The van der Waals surface area contributed by atoms with Crippen molar-refractivity contribution in [2.45, 2.75) is 39.9 Å². The van der Waals surface area contributed by atoms with Gasteiger partial charge < -0.3 is 19.4 Å². The summed E-state index contributed by atoms with van der Waals surface area (Å²) in [7, 11) is 3.45. The minimum absolute atomic E-state index is 0.0244. The highest BCUT2D eigenvalue weighted by atomic mass is 19.4. The van der Waals surface area contributed by atoms with Crippen molar-refractivity contribution < 1.29 is 37.2 Å². The fraction of sp³-hybridized carbons (Fsp3) is 0.700. The molecule has 1 aromatic rings. The van der Waals surface area contributed by atoms with Crippen LogP contribution in [0.15, 0.2) is 4.52 Å². The highest BCUT2D eigenvalue weighted by Gasteiger charge is 2.55. The summed E-state index contributed by atoms with van der Waals surface area (Å²) in [6.07, 6.45) is -4.26. The molecule has 1 aromatic heterocycles. The molecule has 12 heteroatoms. The van der Waals surface area contributed by atoms with E-state index in [1.165, 1.54) is 0 Å². The lowest BCUT2D eigenvalue weighted by Crippen LogP contribution is -2.43. The molecule has 0 aromatic carbocycles. The summed E-state index contributed by atoms with van der Waals surface area (Å²) in [6, 6.07) is 0. The molecule has 32 heavy (non-hydrogen) atoms. The summed E-state index contributed by atoms with van der Waals surface area (Å²) < 4.78 is 37.0. The number of aromatic nitrogens is 1. The van der Waals surface area contributed by atoms with E-state index in [1.54, 1.807) is 23.9 Å². The Morgan fingerprint density at radius 3 is 2.38 bits per heavy atom. The molecule has 180 valence electrons. The Bertz CT molecular complexity index is 850. The molecule has 0 radical (unpaired) electrons. The van der Waals surface area contributed by atoms with Crippen molar-refractivity contribution in [1.29, 1.82) is 0 Å². The zero-order valence-corrected chi connectivity index (χ0v) is 18.8. The number of carbonyl (C=O) groups excluding carboxylic acids is 2. The third-order valence-corrected chi connectivity index (χ3v) is 6.15. The number of alkyl halides is 3. The summed E-state index contributed by atoms with van der Waals surface area (Å²) in [6.45, 7) is 9.27. The number of hydrogen-bond donors (Lipinski definition) is 1. The Labute approximate surface area is 184 Å². The first-order valence-corrected chi connectivity index (χ1v) is 10.1. The van der Waals surface area contributed by atoms with E-state index >= 15 is 0 Å². The van der Waals surface area contributed by atoms with Gasteiger partial charge in [-0.05, 0) is 26.2 Å². The highest BCUT2D eigenvalue weighted by molar-refractivity contribution is 5.90. The average Bonchev–Trinajstić information content (AvgIpc) is 3.28. The maximum absolute atomic E-state index is 13.1. The molecule has 0 saturated carbocycles. The van der Waals surface area contributed by atoms with Crippen molar-refractivity contribution in [2.24, 2.45) is 11.3 Å². The Morgan fingerprint density at radius 2 is 1.91 bits per heavy atom. The van der Waals surface area contributed by atoms with Crippen molar-refractivity contribution in [3.05, 3.63) is 17.0 Å². The highest BCUT2D eigenvalue weighted by Crippen LogP contribution is 2.45. The molecule has 2 atom stereocenters. The standard InChI is InChI=1S/C18H28N4O3.C2HF3O2/c1-12-8-21(9-15-13(2)19-25-14(15)3)11-18(12)6-7-22(17(18)24)10-16(23)20(4)5;3-2(4,5)1(6)7/h12H,6-11H2,1-5H3;(H,6,7)/t12-,18-;/m1./s1. The summed E-state index contributed by atoms with van der Waals surface area (Å²) >= 11 is 0. The Hall–Kier alpha value is -2.63. The van der Waals surface area contributed by atoms with Gasteiger partial charge in [-0.15, -0.1) is 0 Å². The Balaban J connectivity index is 0.000000451. The maximum Gasteiger partial charge on any atom is 0.490 e. The van der Waals surface area contributed by atoms with E-state index in [1.807, 2.05) is 13.8 Å². The fourth-order valence-corrected chi connectivity index (χ4v) is 4.17. The topological polar surface area (TPSA) is 107 Å². The van der Waals surface area contributed by atoms with Crippen molar-refractivity contribution in [3.8, 4) is 0 Å². The van der Waals surface area contributed by atoms with Crippen LogP contribution < -0.4 is 0 Å². The first-order valence-electron chi connectivity index (χ1n) is 10.1. The Morgan fingerprint density at radius 1 is 1.31 bits per heavy atom. The van der Waals surface area contributed by atoms with E-state index in [9.17, 15) is 22.8 Å². The number of aryl methyl sites for hydroxylation is 2. The van der Waals surface area contributed by atoms with Gasteiger partial charge in [0.25, 0.3) is 0 Å². The largest absolute Gasteiger partial charge is 0.490 e. The minimum Gasteiger partial charge on any atom is -0.475 e. The summed E-state index contributed by atoms with van der Waals surface area (Å²) in [5.74, 6) is -1.52. The monoisotopic (exact) mass is 462 g/mol. The van der Waals surface area contributed by atoms with Crippen LogP contribution in [0.25, 0.3) is 0 Å². The summed E-state index contributed by atoms with van der Waals surface area (Å²) in [5.41, 5.74) is 1.68. The molecule has 0 bridgehead atoms. The number of amides is 2.